The molecule has 0 aliphatic heterocycles. The van der Waals surface area contributed by atoms with E-state index < -0.39 is 0 Å². The van der Waals surface area contributed by atoms with Crippen LogP contribution in [0.25, 0.3) is 0 Å². The molecule has 3 N–H and O–H groups in total. The van der Waals surface area contributed by atoms with E-state index in [-0.39, 0.29) is 11.4 Å². The monoisotopic (exact) mass is 268 g/mol. The number of nitriles is 1. The van der Waals surface area contributed by atoms with Crippen molar-refractivity contribution in [3.63, 3.8) is 0 Å². The molecule has 0 radical (unpaired) electrons. The van der Waals surface area contributed by atoms with Crippen molar-refractivity contribution in [1.82, 2.24) is 10.4 Å². The smallest absolute Gasteiger partial charge is 0.271 e. The Balaban J connectivity index is 0.00000200. The molecule has 0 saturated heterocycles. The Kier molecular flexibility index (Phi) is 5.56. The van der Waals surface area contributed by atoms with Gasteiger partial charge in [0.1, 0.15) is 0 Å². The van der Waals surface area contributed by atoms with Crippen LogP contribution in [0.5, 0.6) is 0 Å². The van der Waals surface area contributed by atoms with Gasteiger partial charge in [0.05, 0.1) is 17.8 Å². The molecule has 0 fully saturated rings. The lowest BCUT2D eigenvalue weighted by atomic mass is 10.2. The van der Waals surface area contributed by atoms with Gasteiger partial charge in [-0.15, -0.1) is 0 Å². The molecule has 100 valence electrons. The third-order valence-electron chi connectivity index (χ3n) is 2.36. The fourth-order valence-electron chi connectivity index (χ4n) is 1.38. The molecule has 0 aliphatic carbocycles. The molecule has 0 bridgehead atoms. The number of nitrogens with zero attached hydrogens (tertiary/aromatic N) is 3. The zero-order chi connectivity index (χ0) is 13.5. The summed E-state index contributed by atoms with van der Waals surface area (Å²) in [7, 11) is 0. The summed E-state index contributed by atoms with van der Waals surface area (Å²) in [6, 6.07) is 12.1. The molecular formula is C14H12N4O2. The molecule has 1 heterocycles. The topological polar surface area (TPSA) is 110 Å². The molecule has 1 aromatic heterocycles. The van der Waals surface area contributed by atoms with E-state index in [9.17, 15) is 4.79 Å². The van der Waals surface area contributed by atoms with Crippen LogP contribution in [0, 0.1) is 11.3 Å². The van der Waals surface area contributed by atoms with Gasteiger partial charge in [0, 0.05) is 18.0 Å². The molecule has 0 atom stereocenters. The van der Waals surface area contributed by atoms with Gasteiger partial charge in [-0.2, -0.15) is 10.4 Å². The fourth-order valence-corrected chi connectivity index (χ4v) is 1.38. The summed E-state index contributed by atoms with van der Waals surface area (Å²) >= 11 is 0. The minimum atomic E-state index is -0.299. The molecule has 0 saturated carbocycles. The van der Waals surface area contributed by atoms with Crippen molar-refractivity contribution in [3.8, 4) is 6.07 Å². The van der Waals surface area contributed by atoms with Crippen molar-refractivity contribution in [1.29, 1.82) is 5.26 Å². The number of amides is 1. The second kappa shape index (κ2) is 7.41. The van der Waals surface area contributed by atoms with Crippen LogP contribution in [-0.4, -0.2) is 22.6 Å². The minimum Gasteiger partial charge on any atom is -0.412 e. The Labute approximate surface area is 115 Å². The first-order chi connectivity index (χ1) is 9.29. The molecule has 20 heavy (non-hydrogen) atoms. The number of hydrogen-bond donors (Lipinski definition) is 1. The van der Waals surface area contributed by atoms with Gasteiger partial charge in [0.25, 0.3) is 5.91 Å². The van der Waals surface area contributed by atoms with Crippen LogP contribution in [-0.2, 0) is 0 Å². The second-order valence-electron chi connectivity index (χ2n) is 3.67. The Morgan fingerprint density at radius 1 is 1.20 bits per heavy atom. The first kappa shape index (κ1) is 15.0. The number of carbonyl (C=O) groups excluding carboxylic acids is 1. The predicted octanol–water partition coefficient (Wildman–Crippen LogP) is 0.892. The molecule has 0 aliphatic rings. The number of benzene rings is 1. The summed E-state index contributed by atoms with van der Waals surface area (Å²) in [5.41, 5.74) is 4.29. The van der Waals surface area contributed by atoms with Gasteiger partial charge >= 0.3 is 0 Å². The predicted molar refractivity (Wildman–Crippen MR) is 74.1 cm³/mol. The number of hydrazone groups is 1. The lowest BCUT2D eigenvalue weighted by molar-refractivity contribution is 0.0955. The summed E-state index contributed by atoms with van der Waals surface area (Å²) in [5.74, 6) is -0.299. The maximum atomic E-state index is 11.6. The summed E-state index contributed by atoms with van der Waals surface area (Å²) in [6.45, 7) is 0. The average molecular weight is 268 g/mol. The van der Waals surface area contributed by atoms with Crippen LogP contribution in [0.3, 0.4) is 0 Å². The van der Waals surface area contributed by atoms with E-state index >= 15 is 0 Å². The Hall–Kier alpha value is -3.04. The van der Waals surface area contributed by atoms with E-state index in [0.29, 0.717) is 11.1 Å². The number of nitrogens with one attached hydrogen (secondary N) is 1. The number of rotatable bonds is 3. The molecule has 2 rings (SSSR count). The Morgan fingerprint density at radius 3 is 2.45 bits per heavy atom. The summed E-state index contributed by atoms with van der Waals surface area (Å²) in [5, 5.41) is 12.5. The fraction of sp³-hybridized carbons (Fsp3) is 0. The van der Waals surface area contributed by atoms with Crippen molar-refractivity contribution in [2.24, 2.45) is 5.10 Å². The van der Waals surface area contributed by atoms with Crippen LogP contribution in [0.1, 0.15) is 21.5 Å². The molecule has 1 aromatic carbocycles. The maximum Gasteiger partial charge on any atom is 0.271 e. The van der Waals surface area contributed by atoms with Gasteiger partial charge in [-0.05, 0) is 29.8 Å². The third kappa shape index (κ3) is 4.01. The van der Waals surface area contributed by atoms with Crippen molar-refractivity contribution in [2.75, 3.05) is 0 Å². The molecule has 6 nitrogen and oxygen atoms in total. The van der Waals surface area contributed by atoms with Gasteiger partial charge in [0.15, 0.2) is 0 Å². The SMILES string of the molecule is N#Cc1ccc(/C=N/NC(=O)c2ccncc2)cc1.O. The molecule has 0 spiro atoms. The van der Waals surface area contributed by atoms with Crippen LogP contribution >= 0.6 is 0 Å². The highest BCUT2D eigenvalue weighted by Gasteiger charge is 2.01. The van der Waals surface area contributed by atoms with E-state index in [2.05, 4.69) is 15.5 Å². The van der Waals surface area contributed by atoms with E-state index in [0.717, 1.165) is 5.56 Å². The lowest BCUT2D eigenvalue weighted by Gasteiger charge is -1.98. The quantitative estimate of drug-likeness (QED) is 0.659. The molecule has 0 unspecified atom stereocenters. The second-order valence-corrected chi connectivity index (χ2v) is 3.67. The van der Waals surface area contributed by atoms with Gasteiger partial charge in [-0.25, -0.2) is 5.43 Å². The molecule has 6 heteroatoms. The highest BCUT2D eigenvalue weighted by atomic mass is 16.2. The van der Waals surface area contributed by atoms with Gasteiger partial charge < -0.3 is 5.48 Å². The van der Waals surface area contributed by atoms with Crippen molar-refractivity contribution in [2.45, 2.75) is 0 Å². The highest BCUT2D eigenvalue weighted by molar-refractivity contribution is 5.94. The minimum absolute atomic E-state index is 0. The van der Waals surface area contributed by atoms with Crippen molar-refractivity contribution in [3.05, 3.63) is 65.5 Å². The van der Waals surface area contributed by atoms with E-state index in [1.165, 1.54) is 6.21 Å². The first-order valence-electron chi connectivity index (χ1n) is 5.53. The highest BCUT2D eigenvalue weighted by Crippen LogP contribution is 2.00. The van der Waals surface area contributed by atoms with E-state index in [4.69, 9.17) is 5.26 Å². The van der Waals surface area contributed by atoms with Crippen LogP contribution in [0.15, 0.2) is 53.9 Å². The number of aromatic nitrogens is 1. The van der Waals surface area contributed by atoms with Gasteiger partial charge in [-0.3, -0.25) is 9.78 Å². The van der Waals surface area contributed by atoms with Gasteiger partial charge in [0.2, 0.25) is 0 Å². The Morgan fingerprint density at radius 2 is 1.85 bits per heavy atom. The lowest BCUT2D eigenvalue weighted by Crippen LogP contribution is -2.17. The van der Waals surface area contributed by atoms with Crippen molar-refractivity contribution < 1.29 is 10.3 Å². The largest absolute Gasteiger partial charge is 0.412 e. The molecule has 2 aromatic rings. The zero-order valence-electron chi connectivity index (χ0n) is 10.4. The third-order valence-corrected chi connectivity index (χ3v) is 2.36. The standard InChI is InChI=1S/C14H10N4O.H2O/c15-9-11-1-3-12(4-2-11)10-17-18-14(19)13-5-7-16-8-6-13;/h1-8,10H,(H,18,19);1H2/b17-10+;. The average Bonchev–Trinajstić information content (AvgIpc) is 2.49. The van der Waals surface area contributed by atoms with E-state index in [1.807, 2.05) is 6.07 Å². The first-order valence-corrected chi connectivity index (χ1v) is 5.53. The zero-order valence-corrected chi connectivity index (χ0v) is 10.4. The normalized spacial score (nSPS) is 9.55. The van der Waals surface area contributed by atoms with Crippen LogP contribution in [0.2, 0.25) is 0 Å². The number of pyridine rings is 1. The summed E-state index contributed by atoms with van der Waals surface area (Å²) < 4.78 is 0. The maximum absolute atomic E-state index is 11.6. The van der Waals surface area contributed by atoms with Gasteiger partial charge in [-0.1, -0.05) is 12.1 Å². The molecular weight excluding hydrogens is 256 g/mol. The molecule has 1 amide bonds. The van der Waals surface area contributed by atoms with Crippen LogP contribution in [0.4, 0.5) is 0 Å². The number of hydrogen-bond acceptors (Lipinski definition) is 4. The van der Waals surface area contributed by atoms with E-state index in [1.54, 1.807) is 48.8 Å². The van der Waals surface area contributed by atoms with Crippen molar-refractivity contribution >= 4 is 12.1 Å². The Bertz CT molecular complexity index is 630. The van der Waals surface area contributed by atoms with Crippen LogP contribution < -0.4 is 5.43 Å². The summed E-state index contributed by atoms with van der Waals surface area (Å²) in [4.78, 5) is 15.5. The summed E-state index contributed by atoms with van der Waals surface area (Å²) in [6.07, 6.45) is 4.60. The number of carbonyl (C=O) groups is 1.